The standard InChI is InChI=1S/C31H31F2N3O3/c1-2-39-25-12-7-21(8-13-25)19-35(16-15-22-18-34-29-6-4-3-5-26(22)29)30(37)20-36(24-10-11-24)31(38)27-14-9-23(32)17-28(27)33/h3-9,12-14,17-18,24,34H,2,10-11,15-16,19-20H2,1H3. The lowest BCUT2D eigenvalue weighted by Crippen LogP contribution is -2.44. The Bertz CT molecular complexity index is 1460. The minimum atomic E-state index is -0.927. The quantitative estimate of drug-likeness (QED) is 0.269. The maximum atomic E-state index is 14.4. The summed E-state index contributed by atoms with van der Waals surface area (Å²) in [5.41, 5.74) is 2.83. The summed E-state index contributed by atoms with van der Waals surface area (Å²) in [7, 11) is 0. The van der Waals surface area contributed by atoms with Gasteiger partial charge in [0.15, 0.2) is 0 Å². The molecular weight excluding hydrogens is 500 g/mol. The van der Waals surface area contributed by atoms with E-state index in [4.69, 9.17) is 4.74 Å². The van der Waals surface area contributed by atoms with E-state index in [1.54, 1.807) is 4.90 Å². The van der Waals surface area contributed by atoms with Crippen LogP contribution in [0.5, 0.6) is 5.75 Å². The molecule has 5 rings (SSSR count). The van der Waals surface area contributed by atoms with Crippen LogP contribution in [0.3, 0.4) is 0 Å². The first-order valence-corrected chi connectivity index (χ1v) is 13.2. The highest BCUT2D eigenvalue weighted by Crippen LogP contribution is 2.29. The van der Waals surface area contributed by atoms with Gasteiger partial charge < -0.3 is 19.5 Å². The Morgan fingerprint density at radius 3 is 2.51 bits per heavy atom. The van der Waals surface area contributed by atoms with E-state index in [2.05, 4.69) is 4.98 Å². The van der Waals surface area contributed by atoms with Crippen molar-refractivity contribution in [2.45, 2.75) is 38.8 Å². The lowest BCUT2D eigenvalue weighted by Gasteiger charge is -2.28. The lowest BCUT2D eigenvalue weighted by atomic mass is 10.1. The highest BCUT2D eigenvalue weighted by atomic mass is 19.1. The highest BCUT2D eigenvalue weighted by molar-refractivity contribution is 5.97. The number of amides is 2. The summed E-state index contributed by atoms with van der Waals surface area (Å²) in [5.74, 6) is -1.75. The molecule has 1 aliphatic carbocycles. The number of benzene rings is 3. The van der Waals surface area contributed by atoms with E-state index in [1.165, 1.54) is 4.90 Å². The molecule has 0 aliphatic heterocycles. The van der Waals surface area contributed by atoms with Gasteiger partial charge in [0.1, 0.15) is 23.9 Å². The molecule has 2 amide bonds. The molecule has 202 valence electrons. The van der Waals surface area contributed by atoms with Crippen molar-refractivity contribution in [1.29, 1.82) is 0 Å². The molecule has 1 saturated carbocycles. The molecule has 1 heterocycles. The van der Waals surface area contributed by atoms with Gasteiger partial charge >= 0.3 is 0 Å². The maximum absolute atomic E-state index is 14.4. The molecule has 0 spiro atoms. The topological polar surface area (TPSA) is 65.6 Å². The Morgan fingerprint density at radius 1 is 1.03 bits per heavy atom. The summed E-state index contributed by atoms with van der Waals surface area (Å²) in [6.07, 6.45) is 4.07. The zero-order chi connectivity index (χ0) is 27.4. The van der Waals surface area contributed by atoms with Crippen LogP contribution in [0.4, 0.5) is 8.78 Å². The zero-order valence-electron chi connectivity index (χ0n) is 21.8. The van der Waals surface area contributed by atoms with Gasteiger partial charge in [-0.2, -0.15) is 0 Å². The van der Waals surface area contributed by atoms with Crippen molar-refractivity contribution in [3.05, 3.63) is 101 Å². The van der Waals surface area contributed by atoms with E-state index >= 15 is 0 Å². The normalized spacial score (nSPS) is 12.9. The van der Waals surface area contributed by atoms with Crippen LogP contribution in [-0.2, 0) is 17.8 Å². The minimum Gasteiger partial charge on any atom is -0.494 e. The van der Waals surface area contributed by atoms with Gasteiger partial charge in [-0.05, 0) is 67.6 Å². The molecule has 4 aromatic rings. The largest absolute Gasteiger partial charge is 0.494 e. The van der Waals surface area contributed by atoms with Gasteiger partial charge in [0.25, 0.3) is 5.91 Å². The van der Waals surface area contributed by atoms with Crippen LogP contribution in [0.15, 0.2) is 72.9 Å². The smallest absolute Gasteiger partial charge is 0.257 e. The first-order valence-electron chi connectivity index (χ1n) is 13.2. The number of rotatable bonds is 11. The van der Waals surface area contributed by atoms with Gasteiger partial charge in [0.2, 0.25) is 5.91 Å². The summed E-state index contributed by atoms with van der Waals surface area (Å²) in [6, 6.07) is 18.4. The predicted molar refractivity (Wildman–Crippen MR) is 145 cm³/mol. The number of nitrogens with one attached hydrogen (secondary N) is 1. The van der Waals surface area contributed by atoms with Gasteiger partial charge in [-0.15, -0.1) is 0 Å². The van der Waals surface area contributed by atoms with Crippen molar-refractivity contribution >= 4 is 22.7 Å². The number of hydrogen-bond acceptors (Lipinski definition) is 3. The number of nitrogens with zero attached hydrogens (tertiary/aromatic N) is 2. The fourth-order valence-electron chi connectivity index (χ4n) is 4.78. The molecule has 3 aromatic carbocycles. The molecule has 0 bridgehead atoms. The van der Waals surface area contributed by atoms with Crippen LogP contribution in [0.25, 0.3) is 10.9 Å². The number of para-hydroxylation sites is 1. The SMILES string of the molecule is CCOc1ccc(CN(CCc2c[nH]c3ccccc23)C(=O)CN(C(=O)c2ccc(F)cc2F)C2CC2)cc1. The second-order valence-corrected chi connectivity index (χ2v) is 9.79. The summed E-state index contributed by atoms with van der Waals surface area (Å²) >= 11 is 0. The van der Waals surface area contributed by atoms with E-state index in [0.29, 0.717) is 32.2 Å². The number of carbonyl (C=O) groups is 2. The van der Waals surface area contributed by atoms with Gasteiger partial charge in [-0.25, -0.2) is 8.78 Å². The Labute approximate surface area is 226 Å². The Balaban J connectivity index is 1.36. The average Bonchev–Trinajstić information content (AvgIpc) is 3.69. The molecule has 1 aliphatic rings. The van der Waals surface area contributed by atoms with E-state index < -0.39 is 17.5 Å². The van der Waals surface area contributed by atoms with Crippen molar-refractivity contribution in [3.63, 3.8) is 0 Å². The first kappa shape index (κ1) is 26.4. The van der Waals surface area contributed by atoms with Crippen LogP contribution in [0, 0.1) is 11.6 Å². The Kier molecular flexibility index (Phi) is 7.91. The van der Waals surface area contributed by atoms with Gasteiger partial charge in [0, 0.05) is 42.3 Å². The number of hydrogen-bond donors (Lipinski definition) is 1. The fraction of sp³-hybridized carbons (Fsp3) is 0.290. The molecule has 0 saturated heterocycles. The molecule has 1 fully saturated rings. The fourth-order valence-corrected chi connectivity index (χ4v) is 4.78. The Hall–Kier alpha value is -4.20. The van der Waals surface area contributed by atoms with E-state index in [0.717, 1.165) is 52.8 Å². The van der Waals surface area contributed by atoms with Crippen LogP contribution in [0.1, 0.15) is 41.3 Å². The third-order valence-corrected chi connectivity index (χ3v) is 7.00. The van der Waals surface area contributed by atoms with Crippen molar-refractivity contribution in [3.8, 4) is 5.75 Å². The molecule has 0 radical (unpaired) electrons. The molecule has 0 unspecified atom stereocenters. The van der Waals surface area contributed by atoms with E-state index in [-0.39, 0.29) is 24.1 Å². The summed E-state index contributed by atoms with van der Waals surface area (Å²) in [6.45, 7) is 3.10. The number of aromatic nitrogens is 1. The molecule has 39 heavy (non-hydrogen) atoms. The predicted octanol–water partition coefficient (Wildman–Crippen LogP) is 5.72. The van der Waals surface area contributed by atoms with Crippen LogP contribution in [-0.4, -0.2) is 52.3 Å². The van der Waals surface area contributed by atoms with Crippen LogP contribution in [0.2, 0.25) is 0 Å². The number of aromatic amines is 1. The van der Waals surface area contributed by atoms with E-state index in [1.807, 2.05) is 61.7 Å². The number of halogens is 2. The second-order valence-electron chi connectivity index (χ2n) is 9.79. The monoisotopic (exact) mass is 531 g/mol. The summed E-state index contributed by atoms with van der Waals surface area (Å²) in [4.78, 5) is 33.4. The molecular formula is C31H31F2N3O3. The van der Waals surface area contributed by atoms with Crippen molar-refractivity contribution in [2.75, 3.05) is 19.7 Å². The highest BCUT2D eigenvalue weighted by Gasteiger charge is 2.36. The number of H-pyrrole nitrogens is 1. The summed E-state index contributed by atoms with van der Waals surface area (Å²) in [5, 5.41) is 1.10. The summed E-state index contributed by atoms with van der Waals surface area (Å²) < 4.78 is 33.4. The third-order valence-electron chi connectivity index (χ3n) is 7.00. The number of fused-ring (bicyclic) bond motifs is 1. The maximum Gasteiger partial charge on any atom is 0.257 e. The molecule has 0 atom stereocenters. The molecule has 1 N–H and O–H groups in total. The number of ether oxygens (including phenoxy) is 1. The molecule has 6 nitrogen and oxygen atoms in total. The van der Waals surface area contributed by atoms with Gasteiger partial charge in [-0.1, -0.05) is 30.3 Å². The molecule has 8 heteroatoms. The van der Waals surface area contributed by atoms with Crippen molar-refractivity contribution in [1.82, 2.24) is 14.8 Å². The van der Waals surface area contributed by atoms with Crippen molar-refractivity contribution < 1.29 is 23.1 Å². The van der Waals surface area contributed by atoms with Gasteiger partial charge in [0.05, 0.1) is 12.2 Å². The van der Waals surface area contributed by atoms with Crippen LogP contribution >= 0.6 is 0 Å². The molecule has 1 aromatic heterocycles. The third kappa shape index (κ3) is 6.28. The van der Waals surface area contributed by atoms with E-state index in [9.17, 15) is 18.4 Å². The van der Waals surface area contributed by atoms with Crippen molar-refractivity contribution in [2.24, 2.45) is 0 Å². The second kappa shape index (κ2) is 11.7. The lowest BCUT2D eigenvalue weighted by molar-refractivity contribution is -0.132. The number of carbonyl (C=O) groups excluding carboxylic acids is 2. The Morgan fingerprint density at radius 2 is 1.79 bits per heavy atom. The van der Waals surface area contributed by atoms with Gasteiger partial charge in [-0.3, -0.25) is 9.59 Å². The van der Waals surface area contributed by atoms with Crippen LogP contribution < -0.4 is 4.74 Å². The minimum absolute atomic E-state index is 0.133. The zero-order valence-corrected chi connectivity index (χ0v) is 21.8. The average molecular weight is 532 g/mol. The first-order chi connectivity index (χ1) is 18.9.